The van der Waals surface area contributed by atoms with Gasteiger partial charge in [-0.15, -0.1) is 0 Å². The van der Waals surface area contributed by atoms with Crippen LogP contribution in [-0.2, 0) is 16.6 Å². The van der Waals surface area contributed by atoms with Crippen molar-refractivity contribution >= 4 is 17.6 Å². The summed E-state index contributed by atoms with van der Waals surface area (Å²) in [6.07, 6.45) is 4.29. The van der Waals surface area contributed by atoms with Crippen molar-refractivity contribution in [3.63, 3.8) is 0 Å². The van der Waals surface area contributed by atoms with E-state index in [2.05, 4.69) is 20.7 Å². The molecule has 0 bridgehead atoms. The van der Waals surface area contributed by atoms with E-state index in [0.717, 1.165) is 19.4 Å². The highest BCUT2D eigenvalue weighted by Crippen LogP contribution is 2.19. The third-order valence-electron chi connectivity index (χ3n) is 4.80. The number of amides is 1. The van der Waals surface area contributed by atoms with Crippen LogP contribution in [0.3, 0.4) is 0 Å². The highest BCUT2D eigenvalue weighted by molar-refractivity contribution is 5.93. The Bertz CT molecular complexity index is 752. The molecule has 0 radical (unpaired) electrons. The van der Waals surface area contributed by atoms with Gasteiger partial charge < -0.3 is 19.5 Å². The van der Waals surface area contributed by atoms with Crippen LogP contribution in [0.15, 0.2) is 42.6 Å². The average Bonchev–Trinajstić information content (AvgIpc) is 3.23. The van der Waals surface area contributed by atoms with Crippen LogP contribution in [0, 0.1) is 0 Å². The summed E-state index contributed by atoms with van der Waals surface area (Å²) >= 11 is 0. The van der Waals surface area contributed by atoms with Crippen LogP contribution in [-0.4, -0.2) is 36.6 Å². The van der Waals surface area contributed by atoms with Crippen LogP contribution in [0.1, 0.15) is 34.9 Å². The van der Waals surface area contributed by atoms with E-state index in [0.29, 0.717) is 23.8 Å². The molecule has 1 saturated heterocycles. The summed E-state index contributed by atoms with van der Waals surface area (Å²) in [5.41, 5.74) is 2.43. The molecule has 1 aliphatic rings. The van der Waals surface area contributed by atoms with Crippen LogP contribution in [0.5, 0.6) is 0 Å². The Hall–Kier alpha value is -2.60. The smallest absolute Gasteiger partial charge is 0.337 e. The summed E-state index contributed by atoms with van der Waals surface area (Å²) in [6.45, 7) is 1.44. The second kappa shape index (κ2) is 7.53. The molecule has 2 N–H and O–H groups in total. The largest absolute Gasteiger partial charge is 0.465 e. The fourth-order valence-electron chi connectivity index (χ4n) is 3.54. The maximum atomic E-state index is 12.4. The molecule has 1 amide bonds. The summed E-state index contributed by atoms with van der Waals surface area (Å²) in [7, 11) is 3.40. The summed E-state index contributed by atoms with van der Waals surface area (Å²) in [5, 5.41) is 2.91. The summed E-state index contributed by atoms with van der Waals surface area (Å²) in [6, 6.07) is 11.3. The topological polar surface area (TPSA) is 64.8 Å². The van der Waals surface area contributed by atoms with Gasteiger partial charge in [-0.2, -0.15) is 0 Å². The van der Waals surface area contributed by atoms with Crippen molar-refractivity contribution in [3.05, 3.63) is 53.9 Å². The number of aromatic nitrogens is 1. The van der Waals surface area contributed by atoms with Crippen LogP contribution in [0.2, 0.25) is 0 Å². The zero-order valence-electron chi connectivity index (χ0n) is 14.6. The molecule has 6 nitrogen and oxygen atoms in total. The fourth-order valence-corrected chi connectivity index (χ4v) is 3.54. The zero-order chi connectivity index (χ0) is 17.8. The lowest BCUT2D eigenvalue weighted by molar-refractivity contribution is -0.910. The second-order valence-electron chi connectivity index (χ2n) is 6.44. The van der Waals surface area contributed by atoms with E-state index >= 15 is 0 Å². The first-order valence-electron chi connectivity index (χ1n) is 8.52. The lowest BCUT2D eigenvalue weighted by atomic mass is 10.1. The lowest BCUT2D eigenvalue weighted by Gasteiger charge is -2.21. The van der Waals surface area contributed by atoms with E-state index in [4.69, 9.17) is 0 Å². The van der Waals surface area contributed by atoms with Gasteiger partial charge in [-0.25, -0.2) is 4.79 Å². The molecular weight excluding hydrogens is 318 g/mol. The van der Waals surface area contributed by atoms with Gasteiger partial charge >= 0.3 is 5.97 Å². The van der Waals surface area contributed by atoms with Crippen LogP contribution >= 0.6 is 0 Å². The second-order valence-corrected chi connectivity index (χ2v) is 6.44. The highest BCUT2D eigenvalue weighted by Gasteiger charge is 2.32. The predicted octanol–water partition coefficient (Wildman–Crippen LogP) is 1.17. The van der Waals surface area contributed by atoms with Crippen molar-refractivity contribution in [2.24, 2.45) is 7.05 Å². The minimum atomic E-state index is -0.384. The number of quaternary nitrogens is 1. The standard InChI is InChI=1S/C19H23N3O3/c1-21-11-3-5-16(21)17-6-4-12-22(17)13-18(23)20-15-9-7-14(8-10-15)19(24)25-2/h3,5,7-11,17H,4,6,12-13H2,1-2H3,(H,20,23)/p+1/t17-/m0/s1. The van der Waals surface area contributed by atoms with Gasteiger partial charge in [0.2, 0.25) is 0 Å². The Labute approximate surface area is 147 Å². The van der Waals surface area contributed by atoms with Gasteiger partial charge in [0.25, 0.3) is 5.91 Å². The van der Waals surface area contributed by atoms with E-state index in [1.54, 1.807) is 24.3 Å². The monoisotopic (exact) mass is 342 g/mol. The number of hydrogen-bond donors (Lipinski definition) is 2. The van der Waals surface area contributed by atoms with Crippen LogP contribution in [0.25, 0.3) is 0 Å². The van der Waals surface area contributed by atoms with Crippen molar-refractivity contribution in [2.75, 3.05) is 25.5 Å². The molecule has 1 fully saturated rings. The molecule has 2 heterocycles. The number of carbonyl (C=O) groups excluding carboxylic acids is 2. The first-order chi connectivity index (χ1) is 12.1. The molecule has 0 aliphatic carbocycles. The Kier molecular flexibility index (Phi) is 5.19. The first-order valence-corrected chi connectivity index (χ1v) is 8.52. The summed E-state index contributed by atoms with van der Waals surface area (Å²) in [4.78, 5) is 25.1. The first kappa shape index (κ1) is 17.2. The number of esters is 1. The molecule has 0 spiro atoms. The predicted molar refractivity (Wildman–Crippen MR) is 94.5 cm³/mol. The van der Waals surface area contributed by atoms with Crippen molar-refractivity contribution in [2.45, 2.75) is 18.9 Å². The number of rotatable bonds is 5. The van der Waals surface area contributed by atoms with Crippen molar-refractivity contribution in [3.8, 4) is 0 Å². The SMILES string of the molecule is COC(=O)c1ccc(NC(=O)C[NH+]2CCC[C@H]2c2cccn2C)cc1. The number of nitrogens with zero attached hydrogens (tertiary/aromatic N) is 1. The Balaban J connectivity index is 1.60. The minimum Gasteiger partial charge on any atom is -0.465 e. The van der Waals surface area contributed by atoms with Gasteiger partial charge in [0.15, 0.2) is 6.54 Å². The van der Waals surface area contributed by atoms with Gasteiger partial charge in [-0.3, -0.25) is 4.79 Å². The molecule has 1 aliphatic heterocycles. The van der Waals surface area contributed by atoms with Gasteiger partial charge in [0.1, 0.15) is 6.04 Å². The zero-order valence-corrected chi connectivity index (χ0v) is 14.6. The Morgan fingerprint density at radius 3 is 2.68 bits per heavy atom. The average molecular weight is 342 g/mol. The number of hydrogen-bond acceptors (Lipinski definition) is 3. The molecule has 2 atom stereocenters. The molecule has 1 aromatic carbocycles. The molecule has 1 unspecified atom stereocenters. The third-order valence-corrected chi connectivity index (χ3v) is 4.80. The number of nitrogens with one attached hydrogen (secondary N) is 2. The summed E-state index contributed by atoms with van der Waals surface area (Å²) in [5.74, 6) is -0.397. The van der Waals surface area contributed by atoms with Crippen LogP contribution < -0.4 is 10.2 Å². The molecule has 0 saturated carbocycles. The lowest BCUT2D eigenvalue weighted by Crippen LogP contribution is -3.11. The van der Waals surface area contributed by atoms with E-state index in [-0.39, 0.29) is 11.9 Å². The van der Waals surface area contributed by atoms with Crippen molar-refractivity contribution < 1.29 is 19.2 Å². The van der Waals surface area contributed by atoms with Crippen LogP contribution in [0.4, 0.5) is 5.69 Å². The molecule has 1 aromatic heterocycles. The quantitative estimate of drug-likeness (QED) is 0.802. The number of carbonyl (C=O) groups is 2. The van der Waals surface area contributed by atoms with E-state index in [9.17, 15) is 9.59 Å². The Morgan fingerprint density at radius 2 is 2.04 bits per heavy atom. The van der Waals surface area contributed by atoms with Gasteiger partial charge in [0.05, 0.1) is 24.9 Å². The van der Waals surface area contributed by atoms with E-state index in [1.807, 2.05) is 19.3 Å². The maximum Gasteiger partial charge on any atom is 0.337 e. The normalized spacial score (nSPS) is 19.6. The number of anilines is 1. The number of likely N-dealkylation sites (tertiary alicyclic amines) is 1. The molecule has 132 valence electrons. The van der Waals surface area contributed by atoms with E-state index in [1.165, 1.54) is 17.7 Å². The summed E-state index contributed by atoms with van der Waals surface area (Å²) < 4.78 is 6.81. The van der Waals surface area contributed by atoms with Crippen molar-refractivity contribution in [1.82, 2.24) is 4.57 Å². The van der Waals surface area contributed by atoms with Gasteiger partial charge in [0, 0.05) is 31.8 Å². The fraction of sp³-hybridized carbons (Fsp3) is 0.368. The number of ether oxygens (including phenoxy) is 1. The van der Waals surface area contributed by atoms with Crippen molar-refractivity contribution in [1.29, 1.82) is 0 Å². The minimum absolute atomic E-state index is 0.0121. The molecule has 25 heavy (non-hydrogen) atoms. The van der Waals surface area contributed by atoms with E-state index < -0.39 is 0 Å². The maximum absolute atomic E-state index is 12.4. The molecule has 3 rings (SSSR count). The molecular formula is C19H24N3O3+. The molecule has 2 aromatic rings. The number of aryl methyl sites for hydroxylation is 1. The Morgan fingerprint density at radius 1 is 1.28 bits per heavy atom. The van der Waals surface area contributed by atoms with Gasteiger partial charge in [-0.1, -0.05) is 0 Å². The molecule has 6 heteroatoms. The number of benzene rings is 1. The highest BCUT2D eigenvalue weighted by atomic mass is 16.5. The van der Waals surface area contributed by atoms with Gasteiger partial charge in [-0.05, 0) is 36.4 Å². The third kappa shape index (κ3) is 3.91. The number of methoxy groups -OCH3 is 1.